The Hall–Kier alpha value is -1.06. The first-order chi connectivity index (χ1) is 9.48. The van der Waals surface area contributed by atoms with Crippen LogP contribution < -0.4 is 10.6 Å². The Bertz CT molecular complexity index is 496. The van der Waals surface area contributed by atoms with E-state index < -0.39 is 0 Å². The second kappa shape index (κ2) is 7.28. The lowest BCUT2D eigenvalue weighted by molar-refractivity contribution is -0.128. The second-order valence-corrected chi connectivity index (χ2v) is 6.02. The number of benzene rings is 1. The summed E-state index contributed by atoms with van der Waals surface area (Å²) >= 11 is 0. The van der Waals surface area contributed by atoms with Crippen LogP contribution in [0.3, 0.4) is 0 Å². The van der Waals surface area contributed by atoms with Crippen LogP contribution in [-0.4, -0.2) is 18.0 Å². The van der Waals surface area contributed by atoms with Gasteiger partial charge in [-0.2, -0.15) is 0 Å². The average molecular weight is 311 g/mol. The molecule has 2 atom stereocenters. The number of aryl methyl sites for hydroxylation is 2. The lowest BCUT2D eigenvalue weighted by Crippen LogP contribution is -2.53. The molecule has 0 bridgehead atoms. The van der Waals surface area contributed by atoms with Gasteiger partial charge in [-0.1, -0.05) is 30.7 Å². The van der Waals surface area contributed by atoms with E-state index in [1.54, 1.807) is 0 Å². The average Bonchev–Trinajstić information content (AvgIpc) is 2.88. The first-order valence-electron chi connectivity index (χ1n) is 7.61. The van der Waals surface area contributed by atoms with Crippen molar-refractivity contribution in [2.45, 2.75) is 58.5 Å². The molecule has 1 aliphatic heterocycles. The van der Waals surface area contributed by atoms with Gasteiger partial charge in [-0.15, -0.1) is 12.4 Å². The van der Waals surface area contributed by atoms with Gasteiger partial charge in [0, 0.05) is 0 Å². The van der Waals surface area contributed by atoms with Gasteiger partial charge in [0.2, 0.25) is 5.91 Å². The lowest BCUT2D eigenvalue weighted by Gasteiger charge is -2.29. The zero-order valence-electron chi connectivity index (χ0n) is 13.5. The summed E-state index contributed by atoms with van der Waals surface area (Å²) in [6.45, 7) is 9.29. The molecule has 2 unspecified atom stereocenters. The second-order valence-electron chi connectivity index (χ2n) is 6.02. The zero-order chi connectivity index (χ0) is 14.8. The van der Waals surface area contributed by atoms with E-state index in [4.69, 9.17) is 0 Å². The van der Waals surface area contributed by atoms with Gasteiger partial charge in [0.1, 0.15) is 0 Å². The van der Waals surface area contributed by atoms with Gasteiger partial charge in [0.25, 0.3) is 0 Å². The Morgan fingerprint density at radius 3 is 2.67 bits per heavy atom. The minimum absolute atomic E-state index is 0. The Kier molecular flexibility index (Phi) is 6.24. The third kappa shape index (κ3) is 3.78. The lowest BCUT2D eigenvalue weighted by atomic mass is 9.92. The molecule has 1 saturated heterocycles. The largest absolute Gasteiger partial charge is 0.348 e. The molecule has 1 heterocycles. The van der Waals surface area contributed by atoms with Crippen LogP contribution in [0.4, 0.5) is 0 Å². The number of nitrogens with one attached hydrogen (secondary N) is 2. The molecule has 0 aliphatic carbocycles. The highest BCUT2D eigenvalue weighted by Gasteiger charge is 2.39. The summed E-state index contributed by atoms with van der Waals surface area (Å²) in [6.07, 6.45) is 2.87. The molecule has 2 rings (SSSR count). The van der Waals surface area contributed by atoms with Gasteiger partial charge < -0.3 is 10.6 Å². The molecule has 0 saturated carbocycles. The quantitative estimate of drug-likeness (QED) is 0.894. The topological polar surface area (TPSA) is 41.1 Å². The molecule has 0 aromatic heterocycles. The molecule has 21 heavy (non-hydrogen) atoms. The fourth-order valence-electron chi connectivity index (χ4n) is 3.19. The number of hydrogen-bond donors (Lipinski definition) is 2. The highest BCUT2D eigenvalue weighted by molar-refractivity contribution is 5.87. The molecule has 0 radical (unpaired) electrons. The maximum atomic E-state index is 12.6. The summed E-state index contributed by atoms with van der Waals surface area (Å²) in [4.78, 5) is 12.6. The normalized spacial score (nSPS) is 22.5. The van der Waals surface area contributed by atoms with Crippen molar-refractivity contribution in [1.82, 2.24) is 10.6 Å². The van der Waals surface area contributed by atoms with E-state index in [9.17, 15) is 4.79 Å². The van der Waals surface area contributed by atoms with Crippen LogP contribution in [0.5, 0.6) is 0 Å². The summed E-state index contributed by atoms with van der Waals surface area (Å²) in [5.41, 5.74) is 3.34. The van der Waals surface area contributed by atoms with Crippen molar-refractivity contribution < 1.29 is 4.79 Å². The van der Waals surface area contributed by atoms with E-state index in [-0.39, 0.29) is 29.9 Å². The van der Waals surface area contributed by atoms with Crippen LogP contribution in [0, 0.1) is 13.8 Å². The number of carbonyl (C=O) groups is 1. The van der Waals surface area contributed by atoms with E-state index >= 15 is 0 Å². The standard InChI is InChI=1S/C17H26N2O.ClH/c1-5-17(9-6-10-18-17)16(20)19-14(4)15-8-7-12(2)11-13(15)3;/h7-8,11,14,18H,5-6,9-10H2,1-4H3,(H,19,20);1H. The minimum atomic E-state index is -0.354. The minimum Gasteiger partial charge on any atom is -0.348 e. The highest BCUT2D eigenvalue weighted by atomic mass is 35.5. The van der Waals surface area contributed by atoms with Crippen LogP contribution in [0.2, 0.25) is 0 Å². The van der Waals surface area contributed by atoms with Crippen LogP contribution >= 0.6 is 12.4 Å². The summed E-state index contributed by atoms with van der Waals surface area (Å²) in [5.74, 6) is 0.143. The molecule has 0 spiro atoms. The molecule has 118 valence electrons. The Balaban J connectivity index is 0.00000220. The summed E-state index contributed by atoms with van der Waals surface area (Å²) < 4.78 is 0. The van der Waals surface area contributed by atoms with Crippen molar-refractivity contribution in [3.63, 3.8) is 0 Å². The summed E-state index contributed by atoms with van der Waals surface area (Å²) in [6, 6.07) is 6.44. The third-order valence-electron chi connectivity index (χ3n) is 4.52. The van der Waals surface area contributed by atoms with E-state index in [2.05, 4.69) is 56.5 Å². The van der Waals surface area contributed by atoms with Gasteiger partial charge in [0.15, 0.2) is 0 Å². The van der Waals surface area contributed by atoms with Crippen molar-refractivity contribution >= 4 is 18.3 Å². The van der Waals surface area contributed by atoms with Gasteiger partial charge in [-0.25, -0.2) is 0 Å². The predicted molar refractivity (Wildman–Crippen MR) is 90.0 cm³/mol. The van der Waals surface area contributed by atoms with Gasteiger partial charge in [-0.3, -0.25) is 4.79 Å². The van der Waals surface area contributed by atoms with Gasteiger partial charge in [-0.05, 0) is 57.7 Å². The predicted octanol–water partition coefficient (Wildman–Crippen LogP) is 3.43. The number of hydrogen-bond acceptors (Lipinski definition) is 2. The smallest absolute Gasteiger partial charge is 0.240 e. The van der Waals surface area contributed by atoms with Crippen LogP contribution in [0.1, 0.15) is 55.8 Å². The van der Waals surface area contributed by atoms with Crippen LogP contribution in [-0.2, 0) is 4.79 Å². The fourth-order valence-corrected chi connectivity index (χ4v) is 3.19. The molecule has 2 N–H and O–H groups in total. The first kappa shape index (κ1) is 18.0. The maximum Gasteiger partial charge on any atom is 0.240 e. The molecule has 1 aromatic rings. The van der Waals surface area contributed by atoms with E-state index in [1.807, 2.05) is 0 Å². The van der Waals surface area contributed by atoms with Gasteiger partial charge in [0.05, 0.1) is 11.6 Å². The van der Waals surface area contributed by atoms with Crippen molar-refractivity contribution in [3.8, 4) is 0 Å². The molecule has 1 aromatic carbocycles. The monoisotopic (exact) mass is 310 g/mol. The summed E-state index contributed by atoms with van der Waals surface area (Å²) in [7, 11) is 0. The molecule has 1 aliphatic rings. The van der Waals surface area contributed by atoms with Crippen molar-refractivity contribution in [1.29, 1.82) is 0 Å². The van der Waals surface area contributed by atoms with Crippen molar-refractivity contribution in [2.24, 2.45) is 0 Å². The number of carbonyl (C=O) groups excluding carboxylic acids is 1. The fraction of sp³-hybridized carbons (Fsp3) is 0.588. The SMILES string of the molecule is CCC1(C(=O)NC(C)c2ccc(C)cc2C)CCCN1.Cl. The highest BCUT2D eigenvalue weighted by Crippen LogP contribution is 2.25. The van der Waals surface area contributed by atoms with Crippen molar-refractivity contribution in [2.75, 3.05) is 6.54 Å². The third-order valence-corrected chi connectivity index (χ3v) is 4.52. The van der Waals surface area contributed by atoms with Crippen LogP contribution in [0.25, 0.3) is 0 Å². The molecule has 1 fully saturated rings. The first-order valence-corrected chi connectivity index (χ1v) is 7.61. The van der Waals surface area contributed by atoms with Crippen molar-refractivity contribution in [3.05, 3.63) is 34.9 Å². The molecule has 3 nitrogen and oxygen atoms in total. The Labute approximate surface area is 134 Å². The number of rotatable bonds is 4. The zero-order valence-corrected chi connectivity index (χ0v) is 14.3. The molecular weight excluding hydrogens is 284 g/mol. The molecular formula is C17H27ClN2O. The molecule has 4 heteroatoms. The van der Waals surface area contributed by atoms with E-state index in [1.165, 1.54) is 16.7 Å². The molecule has 1 amide bonds. The van der Waals surface area contributed by atoms with Crippen LogP contribution in [0.15, 0.2) is 18.2 Å². The maximum absolute atomic E-state index is 12.6. The van der Waals surface area contributed by atoms with E-state index in [0.717, 1.165) is 25.8 Å². The van der Waals surface area contributed by atoms with E-state index in [0.29, 0.717) is 0 Å². The Morgan fingerprint density at radius 2 is 2.14 bits per heavy atom. The van der Waals surface area contributed by atoms with Gasteiger partial charge >= 0.3 is 0 Å². The number of halogens is 1. The number of amides is 1. The summed E-state index contributed by atoms with van der Waals surface area (Å²) in [5, 5.41) is 6.58. The Morgan fingerprint density at radius 1 is 1.43 bits per heavy atom.